The summed E-state index contributed by atoms with van der Waals surface area (Å²) in [5.41, 5.74) is 2.17. The third-order valence-corrected chi connectivity index (χ3v) is 5.80. The van der Waals surface area contributed by atoms with Gasteiger partial charge in [-0.3, -0.25) is 4.21 Å². The molecule has 0 bridgehead atoms. The van der Waals surface area contributed by atoms with Crippen molar-refractivity contribution in [1.29, 1.82) is 5.26 Å². The lowest BCUT2D eigenvalue weighted by molar-refractivity contribution is 0.676. The van der Waals surface area contributed by atoms with Crippen molar-refractivity contribution in [3.8, 4) is 6.07 Å². The number of rotatable bonds is 4. The van der Waals surface area contributed by atoms with Gasteiger partial charge in [-0.1, -0.05) is 0 Å². The maximum Gasteiger partial charge on any atom is 0.197 e. The van der Waals surface area contributed by atoms with Gasteiger partial charge in [0, 0.05) is 23.8 Å². The highest BCUT2D eigenvalue weighted by atomic mass is 32.2. The fraction of sp³-hybridized carbons (Fsp3) is 0.333. The van der Waals surface area contributed by atoms with Crippen LogP contribution >= 0.6 is 11.3 Å². The Morgan fingerprint density at radius 2 is 2.17 bits per heavy atom. The summed E-state index contributed by atoms with van der Waals surface area (Å²) in [5.74, 6) is 1.29. The van der Waals surface area contributed by atoms with Gasteiger partial charge in [-0.15, -0.1) is 11.3 Å². The lowest BCUT2D eigenvalue weighted by atomic mass is 10.3. The molecule has 1 unspecified atom stereocenters. The van der Waals surface area contributed by atoms with Gasteiger partial charge in [0.2, 0.25) is 0 Å². The molecular formula is C15H14N6OS2. The van der Waals surface area contributed by atoms with Crippen LogP contribution in [0.5, 0.6) is 0 Å². The molecule has 0 saturated carbocycles. The summed E-state index contributed by atoms with van der Waals surface area (Å²) in [5, 5.41) is 13.5. The molecule has 0 amide bonds. The van der Waals surface area contributed by atoms with Gasteiger partial charge < -0.3 is 9.88 Å². The Hall–Kier alpha value is -2.31. The molecule has 3 aromatic rings. The highest BCUT2D eigenvalue weighted by Gasteiger charge is 2.20. The molecule has 1 aliphatic rings. The van der Waals surface area contributed by atoms with Crippen molar-refractivity contribution >= 4 is 39.0 Å². The number of fused-ring (bicyclic) bond motifs is 1. The van der Waals surface area contributed by atoms with E-state index < -0.39 is 10.8 Å². The quantitative estimate of drug-likeness (QED) is 0.767. The van der Waals surface area contributed by atoms with Crippen molar-refractivity contribution in [1.82, 2.24) is 19.9 Å². The monoisotopic (exact) mass is 358 g/mol. The number of hydrogen-bond acceptors (Lipinski definition) is 7. The number of nitrogens with one attached hydrogen (secondary N) is 1. The van der Waals surface area contributed by atoms with E-state index >= 15 is 0 Å². The minimum Gasteiger partial charge on any atom is -0.355 e. The zero-order valence-electron chi connectivity index (χ0n) is 12.7. The van der Waals surface area contributed by atoms with E-state index in [1.807, 2.05) is 10.8 Å². The fourth-order valence-electron chi connectivity index (χ4n) is 2.74. The van der Waals surface area contributed by atoms with Crippen LogP contribution in [0.25, 0.3) is 11.0 Å². The minimum atomic E-state index is -1.35. The number of H-pyrrole nitrogens is 1. The summed E-state index contributed by atoms with van der Waals surface area (Å²) in [6.07, 6.45) is 3.71. The Labute approximate surface area is 144 Å². The molecule has 122 valence electrons. The molecule has 4 heterocycles. The first kappa shape index (κ1) is 15.2. The zero-order valence-corrected chi connectivity index (χ0v) is 14.4. The third kappa shape index (κ3) is 2.79. The van der Waals surface area contributed by atoms with Crippen LogP contribution in [0.15, 0.2) is 22.1 Å². The summed E-state index contributed by atoms with van der Waals surface area (Å²) >= 11 is 1.55. The van der Waals surface area contributed by atoms with Gasteiger partial charge in [0.25, 0.3) is 0 Å². The molecule has 1 atom stereocenters. The molecule has 0 aliphatic carbocycles. The fourth-order valence-corrected chi connectivity index (χ4v) is 4.37. The standard InChI is InChI=1S/C15H14N6OS2/c16-5-10-6-17-13(20-14(10)21-3-1-2-4-21)9-24(22)15-18-11-7-23-8-12(11)19-15/h6-8H,1-4,9H2,(H,18,19). The molecule has 1 saturated heterocycles. The Morgan fingerprint density at radius 3 is 2.92 bits per heavy atom. The Morgan fingerprint density at radius 1 is 1.33 bits per heavy atom. The molecule has 4 rings (SSSR count). The molecule has 0 radical (unpaired) electrons. The smallest absolute Gasteiger partial charge is 0.197 e. The van der Waals surface area contributed by atoms with E-state index in [0.29, 0.717) is 22.4 Å². The second-order valence-electron chi connectivity index (χ2n) is 5.53. The van der Waals surface area contributed by atoms with E-state index in [-0.39, 0.29) is 5.75 Å². The van der Waals surface area contributed by atoms with Crippen molar-refractivity contribution in [2.24, 2.45) is 0 Å². The number of anilines is 1. The van der Waals surface area contributed by atoms with Crippen LogP contribution in [0, 0.1) is 11.3 Å². The van der Waals surface area contributed by atoms with Crippen molar-refractivity contribution in [3.63, 3.8) is 0 Å². The summed E-state index contributed by atoms with van der Waals surface area (Å²) in [6, 6.07) is 2.14. The first-order valence-corrected chi connectivity index (χ1v) is 9.82. The predicted molar refractivity (Wildman–Crippen MR) is 92.3 cm³/mol. The summed E-state index contributed by atoms with van der Waals surface area (Å²) in [7, 11) is -1.35. The van der Waals surface area contributed by atoms with Gasteiger partial charge in [-0.2, -0.15) is 5.26 Å². The largest absolute Gasteiger partial charge is 0.355 e. The first-order chi connectivity index (χ1) is 11.7. The lowest BCUT2D eigenvalue weighted by Gasteiger charge is -2.17. The number of nitriles is 1. The number of imidazole rings is 1. The molecule has 0 aromatic carbocycles. The van der Waals surface area contributed by atoms with E-state index in [1.54, 1.807) is 11.3 Å². The Bertz CT molecular complexity index is 922. The summed E-state index contributed by atoms with van der Waals surface area (Å²) < 4.78 is 12.5. The molecule has 1 N–H and O–H groups in total. The van der Waals surface area contributed by atoms with Crippen LogP contribution in [0.3, 0.4) is 0 Å². The van der Waals surface area contributed by atoms with E-state index in [1.165, 1.54) is 6.20 Å². The highest BCUT2D eigenvalue weighted by Crippen LogP contribution is 2.23. The Kier molecular flexibility index (Phi) is 4.00. The molecule has 0 spiro atoms. The number of nitrogens with zero attached hydrogens (tertiary/aromatic N) is 5. The number of hydrogen-bond donors (Lipinski definition) is 1. The number of aromatic amines is 1. The van der Waals surface area contributed by atoms with Crippen LogP contribution in [0.4, 0.5) is 5.82 Å². The van der Waals surface area contributed by atoms with Crippen molar-refractivity contribution < 1.29 is 4.21 Å². The van der Waals surface area contributed by atoms with E-state index in [0.717, 1.165) is 37.0 Å². The minimum absolute atomic E-state index is 0.173. The second kappa shape index (κ2) is 6.30. The topological polar surface area (TPSA) is 98.6 Å². The van der Waals surface area contributed by atoms with Crippen LogP contribution in [-0.4, -0.2) is 37.2 Å². The van der Waals surface area contributed by atoms with Crippen molar-refractivity contribution in [2.45, 2.75) is 23.8 Å². The van der Waals surface area contributed by atoms with Crippen LogP contribution in [-0.2, 0) is 16.6 Å². The maximum absolute atomic E-state index is 12.5. The summed E-state index contributed by atoms with van der Waals surface area (Å²) in [4.78, 5) is 18.2. The second-order valence-corrected chi connectivity index (χ2v) is 7.64. The normalized spacial score (nSPS) is 15.7. The molecule has 7 nitrogen and oxygen atoms in total. The van der Waals surface area contributed by atoms with Crippen molar-refractivity contribution in [2.75, 3.05) is 18.0 Å². The van der Waals surface area contributed by atoms with E-state index in [2.05, 4.69) is 30.9 Å². The van der Waals surface area contributed by atoms with Crippen LogP contribution in [0.1, 0.15) is 24.2 Å². The highest BCUT2D eigenvalue weighted by molar-refractivity contribution is 7.84. The lowest BCUT2D eigenvalue weighted by Crippen LogP contribution is -2.21. The molecular weight excluding hydrogens is 344 g/mol. The molecule has 1 aliphatic heterocycles. The van der Waals surface area contributed by atoms with Crippen molar-refractivity contribution in [3.05, 3.63) is 28.3 Å². The number of thiophene rings is 1. The zero-order chi connectivity index (χ0) is 16.5. The predicted octanol–water partition coefficient (Wildman–Crippen LogP) is 2.19. The average Bonchev–Trinajstić information content (AvgIpc) is 3.31. The third-order valence-electron chi connectivity index (χ3n) is 3.93. The van der Waals surface area contributed by atoms with E-state index in [4.69, 9.17) is 0 Å². The van der Waals surface area contributed by atoms with Gasteiger partial charge in [0.1, 0.15) is 28.8 Å². The van der Waals surface area contributed by atoms with Gasteiger partial charge >= 0.3 is 0 Å². The average molecular weight is 358 g/mol. The maximum atomic E-state index is 12.5. The van der Waals surface area contributed by atoms with Gasteiger partial charge in [-0.05, 0) is 12.8 Å². The summed E-state index contributed by atoms with van der Waals surface area (Å²) in [6.45, 7) is 1.78. The van der Waals surface area contributed by atoms with Gasteiger partial charge in [-0.25, -0.2) is 15.0 Å². The molecule has 24 heavy (non-hydrogen) atoms. The van der Waals surface area contributed by atoms with Crippen LogP contribution in [0.2, 0.25) is 0 Å². The van der Waals surface area contributed by atoms with Crippen LogP contribution < -0.4 is 4.90 Å². The number of aromatic nitrogens is 4. The SMILES string of the molecule is N#Cc1cnc(CS(=O)c2nc3cscc3[nH]2)nc1N1CCCC1. The van der Waals surface area contributed by atoms with E-state index in [9.17, 15) is 9.47 Å². The molecule has 3 aromatic heterocycles. The molecule has 9 heteroatoms. The Balaban J connectivity index is 1.59. The first-order valence-electron chi connectivity index (χ1n) is 7.56. The molecule has 1 fully saturated rings. The van der Waals surface area contributed by atoms with Gasteiger partial charge in [0.15, 0.2) is 5.16 Å². The van der Waals surface area contributed by atoms with Gasteiger partial charge in [0.05, 0.1) is 28.3 Å².